The van der Waals surface area contributed by atoms with Crippen LogP contribution >= 0.6 is 11.6 Å². The van der Waals surface area contributed by atoms with Crippen LogP contribution in [0.4, 0.5) is 17.1 Å². The molecule has 5 rings (SSSR count). The molecule has 9 nitrogen and oxygen atoms in total. The third kappa shape index (κ3) is 6.16. The number of halogens is 1. The summed E-state index contributed by atoms with van der Waals surface area (Å²) in [6.45, 7) is 1.94. The van der Waals surface area contributed by atoms with Crippen LogP contribution in [0.15, 0.2) is 114 Å². The van der Waals surface area contributed by atoms with Crippen LogP contribution in [-0.2, 0) is 14.3 Å². The Morgan fingerprint density at radius 1 is 0.762 bits per heavy atom. The number of carbonyl (C=O) groups is 4. The molecule has 0 aliphatic carbocycles. The number of esters is 1. The lowest BCUT2D eigenvalue weighted by Gasteiger charge is -2.16. The van der Waals surface area contributed by atoms with Gasteiger partial charge in [-0.25, -0.2) is 9.69 Å². The van der Waals surface area contributed by atoms with E-state index in [9.17, 15) is 19.2 Å². The number of imide groups is 1. The Morgan fingerprint density at radius 3 is 2.12 bits per heavy atom. The minimum atomic E-state index is -0.684. The van der Waals surface area contributed by atoms with Crippen LogP contribution in [0.3, 0.4) is 0 Å². The molecule has 4 aromatic rings. The van der Waals surface area contributed by atoms with Gasteiger partial charge in [0.25, 0.3) is 17.7 Å². The van der Waals surface area contributed by atoms with Gasteiger partial charge in [0.15, 0.2) is 0 Å². The van der Waals surface area contributed by atoms with E-state index in [-0.39, 0.29) is 22.9 Å². The maximum absolute atomic E-state index is 13.3. The standard InChI is InChI=1S/C32H24ClN3O6/c1-2-41-32(40)21-9-7-11-23(19-21)35-29(37)20-8-6-10-22(18-20)34-28-27(33)30(38)36(31(28)39)24-14-16-26(17-15-24)42-25-12-4-3-5-13-25/h3-19,34H,2H2,1H3,(H,35,37). The first-order valence-electron chi connectivity index (χ1n) is 12.9. The molecule has 0 radical (unpaired) electrons. The SMILES string of the molecule is CCOC(=O)c1cccc(NC(=O)c2cccc(NC3=C(Cl)C(=O)N(c4ccc(Oc5ccccc5)cc4)C3=O)c2)c1. The fourth-order valence-corrected chi connectivity index (χ4v) is 4.37. The monoisotopic (exact) mass is 581 g/mol. The summed E-state index contributed by atoms with van der Waals surface area (Å²) >= 11 is 6.29. The predicted molar refractivity (Wildman–Crippen MR) is 159 cm³/mol. The number of hydrogen-bond donors (Lipinski definition) is 2. The number of anilines is 3. The lowest BCUT2D eigenvalue weighted by molar-refractivity contribution is -0.120. The van der Waals surface area contributed by atoms with E-state index >= 15 is 0 Å². The number of amides is 3. The van der Waals surface area contributed by atoms with Crippen molar-refractivity contribution in [1.29, 1.82) is 0 Å². The summed E-state index contributed by atoms with van der Waals surface area (Å²) in [5, 5.41) is 5.34. The quantitative estimate of drug-likeness (QED) is 0.175. The Balaban J connectivity index is 1.27. The molecule has 0 atom stereocenters. The molecule has 1 heterocycles. The zero-order chi connectivity index (χ0) is 29.6. The van der Waals surface area contributed by atoms with E-state index in [0.717, 1.165) is 4.90 Å². The molecule has 0 aromatic heterocycles. The zero-order valence-electron chi connectivity index (χ0n) is 22.3. The Morgan fingerprint density at radius 2 is 1.40 bits per heavy atom. The Hall–Kier alpha value is -5.41. The largest absolute Gasteiger partial charge is 0.462 e. The van der Waals surface area contributed by atoms with E-state index in [4.69, 9.17) is 21.1 Å². The molecule has 42 heavy (non-hydrogen) atoms. The van der Waals surface area contributed by atoms with Gasteiger partial charge in [0.05, 0.1) is 17.9 Å². The van der Waals surface area contributed by atoms with E-state index in [0.29, 0.717) is 34.1 Å². The summed E-state index contributed by atoms with van der Waals surface area (Å²) in [7, 11) is 0. The molecule has 2 N–H and O–H groups in total. The minimum absolute atomic E-state index is 0.119. The Kier molecular flexibility index (Phi) is 8.31. The number of rotatable bonds is 9. The van der Waals surface area contributed by atoms with Crippen LogP contribution in [-0.4, -0.2) is 30.3 Å². The van der Waals surface area contributed by atoms with Crippen molar-refractivity contribution in [3.8, 4) is 11.5 Å². The second kappa shape index (κ2) is 12.4. The van der Waals surface area contributed by atoms with E-state index in [2.05, 4.69) is 10.6 Å². The number of ether oxygens (including phenoxy) is 2. The average Bonchev–Trinajstić information content (AvgIpc) is 3.21. The fourth-order valence-electron chi connectivity index (χ4n) is 4.16. The van der Waals surface area contributed by atoms with Crippen LogP contribution in [0.2, 0.25) is 0 Å². The second-order valence-corrected chi connectivity index (χ2v) is 9.38. The molecule has 0 unspecified atom stereocenters. The van der Waals surface area contributed by atoms with E-state index in [1.54, 1.807) is 67.6 Å². The summed E-state index contributed by atoms with van der Waals surface area (Å²) in [6.07, 6.45) is 0. The summed E-state index contributed by atoms with van der Waals surface area (Å²) in [5.41, 5.74) is 1.54. The van der Waals surface area contributed by atoms with Crippen LogP contribution in [0.1, 0.15) is 27.6 Å². The first-order chi connectivity index (χ1) is 20.3. The lowest BCUT2D eigenvalue weighted by Crippen LogP contribution is -2.32. The summed E-state index contributed by atoms with van der Waals surface area (Å²) < 4.78 is 10.8. The molecular weight excluding hydrogens is 558 g/mol. The maximum atomic E-state index is 13.3. The van der Waals surface area contributed by atoms with Crippen molar-refractivity contribution in [2.75, 3.05) is 22.1 Å². The molecule has 0 spiro atoms. The number of benzene rings is 4. The summed E-state index contributed by atoms with van der Waals surface area (Å²) in [6, 6.07) is 28.4. The van der Waals surface area contributed by atoms with Crippen LogP contribution in [0, 0.1) is 0 Å². The predicted octanol–water partition coefficient (Wildman–Crippen LogP) is 6.34. The van der Waals surface area contributed by atoms with Crippen molar-refractivity contribution in [3.63, 3.8) is 0 Å². The molecule has 1 aliphatic rings. The van der Waals surface area contributed by atoms with Gasteiger partial charge in [0, 0.05) is 16.9 Å². The van der Waals surface area contributed by atoms with Crippen molar-refractivity contribution in [2.45, 2.75) is 6.92 Å². The summed E-state index contributed by atoms with van der Waals surface area (Å²) in [4.78, 5) is 52.1. The smallest absolute Gasteiger partial charge is 0.338 e. The topological polar surface area (TPSA) is 114 Å². The molecule has 4 aromatic carbocycles. The van der Waals surface area contributed by atoms with Gasteiger partial charge in [-0.1, -0.05) is 41.9 Å². The van der Waals surface area contributed by atoms with Gasteiger partial charge in [-0.15, -0.1) is 0 Å². The van der Waals surface area contributed by atoms with Crippen LogP contribution in [0.25, 0.3) is 0 Å². The van der Waals surface area contributed by atoms with Gasteiger partial charge in [0.2, 0.25) is 0 Å². The average molecular weight is 582 g/mol. The summed E-state index contributed by atoms with van der Waals surface area (Å²) in [5.74, 6) is -1.09. The normalized spacial score (nSPS) is 12.8. The molecule has 0 saturated carbocycles. The highest BCUT2D eigenvalue weighted by atomic mass is 35.5. The van der Waals surface area contributed by atoms with Gasteiger partial charge in [-0.05, 0) is 79.7 Å². The molecular formula is C32H24ClN3O6. The van der Waals surface area contributed by atoms with E-state index in [1.165, 1.54) is 12.1 Å². The van der Waals surface area contributed by atoms with Gasteiger partial charge >= 0.3 is 5.97 Å². The first kappa shape index (κ1) is 28.1. The zero-order valence-corrected chi connectivity index (χ0v) is 23.1. The highest BCUT2D eigenvalue weighted by Crippen LogP contribution is 2.32. The second-order valence-electron chi connectivity index (χ2n) is 9.00. The maximum Gasteiger partial charge on any atom is 0.338 e. The third-order valence-electron chi connectivity index (χ3n) is 6.13. The first-order valence-corrected chi connectivity index (χ1v) is 13.3. The Bertz CT molecular complexity index is 1700. The minimum Gasteiger partial charge on any atom is -0.462 e. The van der Waals surface area contributed by atoms with Crippen molar-refractivity contribution in [1.82, 2.24) is 0 Å². The highest BCUT2D eigenvalue weighted by Gasteiger charge is 2.39. The van der Waals surface area contributed by atoms with Gasteiger partial charge in [0.1, 0.15) is 22.2 Å². The van der Waals surface area contributed by atoms with Crippen LogP contribution in [0.5, 0.6) is 11.5 Å². The number of nitrogens with one attached hydrogen (secondary N) is 2. The lowest BCUT2D eigenvalue weighted by atomic mass is 10.1. The molecule has 3 amide bonds. The third-order valence-corrected chi connectivity index (χ3v) is 6.48. The van der Waals surface area contributed by atoms with Crippen molar-refractivity contribution in [3.05, 3.63) is 125 Å². The van der Waals surface area contributed by atoms with E-state index < -0.39 is 23.7 Å². The number of carbonyl (C=O) groups excluding carboxylic acids is 4. The van der Waals surface area contributed by atoms with Gasteiger partial charge in [-0.2, -0.15) is 0 Å². The molecule has 10 heteroatoms. The number of para-hydroxylation sites is 1. The van der Waals surface area contributed by atoms with Crippen molar-refractivity contribution < 1.29 is 28.7 Å². The van der Waals surface area contributed by atoms with Crippen molar-refractivity contribution >= 4 is 52.4 Å². The molecule has 0 saturated heterocycles. The molecule has 1 aliphatic heterocycles. The number of nitrogens with zero attached hydrogens (tertiary/aromatic N) is 1. The molecule has 0 bridgehead atoms. The molecule has 210 valence electrons. The van der Waals surface area contributed by atoms with Crippen molar-refractivity contribution in [2.24, 2.45) is 0 Å². The van der Waals surface area contributed by atoms with Gasteiger partial charge < -0.3 is 20.1 Å². The number of hydrogen-bond acceptors (Lipinski definition) is 7. The Labute approximate surface area is 246 Å². The van der Waals surface area contributed by atoms with E-state index in [1.807, 2.05) is 30.3 Å². The highest BCUT2D eigenvalue weighted by molar-refractivity contribution is 6.53. The fraction of sp³-hybridized carbons (Fsp3) is 0.0625. The van der Waals surface area contributed by atoms with Gasteiger partial charge in [-0.3, -0.25) is 14.4 Å². The molecule has 0 fully saturated rings. The van der Waals surface area contributed by atoms with Crippen LogP contribution < -0.4 is 20.3 Å².